The molecule has 2 aromatic carbocycles. The Morgan fingerprint density at radius 1 is 1.12 bits per heavy atom. The van der Waals surface area contributed by atoms with Crippen molar-refractivity contribution >= 4 is 23.4 Å². The number of alkyl halides is 3. The molecule has 0 spiro atoms. The monoisotopic (exact) mass is 369 g/mol. The van der Waals surface area contributed by atoms with E-state index in [2.05, 4.69) is 5.32 Å². The third kappa shape index (κ3) is 4.60. The number of hydrogen-bond acceptors (Lipinski definition) is 4. The Morgan fingerprint density at radius 2 is 1.92 bits per heavy atom. The number of ether oxygens (including phenoxy) is 2. The molecule has 3 rings (SSSR count). The van der Waals surface area contributed by atoms with Crippen LogP contribution in [-0.2, 0) is 16.7 Å². The highest BCUT2D eigenvalue weighted by Crippen LogP contribution is 2.34. The molecule has 25 heavy (non-hydrogen) atoms. The summed E-state index contributed by atoms with van der Waals surface area (Å²) in [6, 6.07) is 10.2. The molecule has 2 aromatic rings. The Bertz CT molecular complexity index is 780. The molecule has 0 fully saturated rings. The smallest absolute Gasteiger partial charge is 0.416 e. The van der Waals surface area contributed by atoms with Crippen LogP contribution in [0.25, 0.3) is 0 Å². The van der Waals surface area contributed by atoms with E-state index in [0.29, 0.717) is 28.5 Å². The lowest BCUT2D eigenvalue weighted by molar-refractivity contribution is -0.137. The van der Waals surface area contributed by atoms with Gasteiger partial charge < -0.3 is 14.8 Å². The fraction of sp³-hybridized carbons (Fsp3) is 0.235. The molecule has 132 valence electrons. The van der Waals surface area contributed by atoms with Gasteiger partial charge in [-0.05, 0) is 23.8 Å². The number of thioether (sulfide) groups is 1. The highest BCUT2D eigenvalue weighted by Gasteiger charge is 2.30. The van der Waals surface area contributed by atoms with Gasteiger partial charge >= 0.3 is 6.18 Å². The zero-order chi connectivity index (χ0) is 17.9. The molecule has 1 aliphatic heterocycles. The molecule has 0 atom stereocenters. The first-order chi connectivity index (χ1) is 11.9. The Balaban J connectivity index is 1.50. The molecule has 1 N–H and O–H groups in total. The number of fused-ring (bicyclic) bond motifs is 1. The van der Waals surface area contributed by atoms with Gasteiger partial charge in [0.25, 0.3) is 0 Å². The normalized spacial score (nSPS) is 12.9. The van der Waals surface area contributed by atoms with Gasteiger partial charge in [-0.15, -0.1) is 11.8 Å². The maximum atomic E-state index is 12.7. The second-order valence-electron chi connectivity index (χ2n) is 5.31. The minimum absolute atomic E-state index is 0.130. The molecular formula is C17H14F3NO3S. The third-order valence-corrected chi connectivity index (χ3v) is 4.42. The molecule has 0 unspecified atom stereocenters. The van der Waals surface area contributed by atoms with E-state index in [9.17, 15) is 18.0 Å². The van der Waals surface area contributed by atoms with Crippen molar-refractivity contribution in [2.75, 3.05) is 17.9 Å². The van der Waals surface area contributed by atoms with Crippen molar-refractivity contribution < 1.29 is 27.4 Å². The van der Waals surface area contributed by atoms with Crippen molar-refractivity contribution in [2.24, 2.45) is 0 Å². The lowest BCUT2D eigenvalue weighted by Crippen LogP contribution is -2.14. The van der Waals surface area contributed by atoms with Crippen LogP contribution in [0.15, 0.2) is 42.5 Å². The summed E-state index contributed by atoms with van der Waals surface area (Å²) in [4.78, 5) is 11.9. The van der Waals surface area contributed by atoms with Gasteiger partial charge in [0.1, 0.15) is 0 Å². The number of anilines is 1. The molecular weight excluding hydrogens is 355 g/mol. The number of rotatable bonds is 5. The van der Waals surface area contributed by atoms with Gasteiger partial charge in [0.05, 0.1) is 11.3 Å². The predicted molar refractivity (Wildman–Crippen MR) is 88.8 cm³/mol. The van der Waals surface area contributed by atoms with Gasteiger partial charge in [0, 0.05) is 17.5 Å². The van der Waals surface area contributed by atoms with Crippen molar-refractivity contribution in [3.05, 3.63) is 53.6 Å². The fourth-order valence-corrected chi connectivity index (χ4v) is 3.05. The molecule has 0 radical (unpaired) electrons. The van der Waals surface area contributed by atoms with Gasteiger partial charge in [-0.2, -0.15) is 13.2 Å². The first-order valence-electron chi connectivity index (χ1n) is 7.35. The number of hydrogen-bond donors (Lipinski definition) is 1. The highest BCUT2D eigenvalue weighted by atomic mass is 32.2. The van der Waals surface area contributed by atoms with E-state index in [-0.39, 0.29) is 18.5 Å². The molecule has 1 aliphatic rings. The van der Waals surface area contributed by atoms with Crippen LogP contribution in [0.4, 0.5) is 18.9 Å². The number of halogens is 3. The summed E-state index contributed by atoms with van der Waals surface area (Å²) in [6.45, 7) is 0.152. The zero-order valence-corrected chi connectivity index (χ0v) is 13.7. The van der Waals surface area contributed by atoms with Gasteiger partial charge in [-0.1, -0.05) is 18.2 Å². The van der Waals surface area contributed by atoms with E-state index in [1.165, 1.54) is 17.8 Å². The summed E-state index contributed by atoms with van der Waals surface area (Å²) >= 11 is 1.24. The maximum Gasteiger partial charge on any atom is 0.416 e. The van der Waals surface area contributed by atoms with E-state index in [1.807, 2.05) is 0 Å². The lowest BCUT2D eigenvalue weighted by atomic mass is 10.1. The zero-order valence-electron chi connectivity index (χ0n) is 12.9. The molecule has 1 amide bonds. The van der Waals surface area contributed by atoms with E-state index in [4.69, 9.17) is 9.47 Å². The van der Waals surface area contributed by atoms with E-state index in [0.717, 1.165) is 12.1 Å². The summed E-state index contributed by atoms with van der Waals surface area (Å²) in [7, 11) is 0. The second kappa shape index (κ2) is 7.26. The average molecular weight is 369 g/mol. The summed E-state index contributed by atoms with van der Waals surface area (Å²) in [5.74, 6) is 1.39. The van der Waals surface area contributed by atoms with Crippen LogP contribution >= 0.6 is 11.8 Å². The minimum Gasteiger partial charge on any atom is -0.454 e. The third-order valence-electron chi connectivity index (χ3n) is 3.41. The van der Waals surface area contributed by atoms with Crippen LogP contribution in [0, 0.1) is 0 Å². The SMILES string of the molecule is O=C(CSCc1cccc(C(F)(F)F)c1)Nc1ccc2c(c1)OCO2. The molecule has 0 aliphatic carbocycles. The summed E-state index contributed by atoms with van der Waals surface area (Å²) < 4.78 is 48.4. The van der Waals surface area contributed by atoms with Crippen LogP contribution in [0.5, 0.6) is 11.5 Å². The first-order valence-corrected chi connectivity index (χ1v) is 8.51. The predicted octanol–water partition coefficient (Wildman–Crippen LogP) is 4.31. The van der Waals surface area contributed by atoms with E-state index < -0.39 is 11.7 Å². The minimum atomic E-state index is -4.36. The number of carbonyl (C=O) groups is 1. The van der Waals surface area contributed by atoms with Crippen LogP contribution in [0.3, 0.4) is 0 Å². The summed E-state index contributed by atoms with van der Waals surface area (Å²) in [6.07, 6.45) is -4.36. The number of amides is 1. The average Bonchev–Trinajstić information content (AvgIpc) is 3.02. The molecule has 0 saturated carbocycles. The Hall–Kier alpha value is -2.35. The quantitative estimate of drug-likeness (QED) is 0.853. The van der Waals surface area contributed by atoms with Crippen LogP contribution < -0.4 is 14.8 Å². The molecule has 8 heteroatoms. The van der Waals surface area contributed by atoms with Gasteiger partial charge in [0.15, 0.2) is 11.5 Å². The van der Waals surface area contributed by atoms with Gasteiger partial charge in [0.2, 0.25) is 12.7 Å². The standard InChI is InChI=1S/C17H14F3NO3S/c18-17(19,20)12-3-1-2-11(6-12)8-25-9-16(22)21-13-4-5-14-15(7-13)24-10-23-14/h1-7H,8-10H2,(H,21,22). The molecule has 0 saturated heterocycles. The van der Waals surface area contributed by atoms with Crippen molar-refractivity contribution in [3.63, 3.8) is 0 Å². The van der Waals surface area contributed by atoms with Crippen LogP contribution in [0.1, 0.15) is 11.1 Å². The summed E-state index contributed by atoms with van der Waals surface area (Å²) in [5, 5.41) is 2.72. The number of benzene rings is 2. The first kappa shape index (κ1) is 17.5. The molecule has 1 heterocycles. The largest absolute Gasteiger partial charge is 0.454 e. The van der Waals surface area contributed by atoms with Gasteiger partial charge in [-0.3, -0.25) is 4.79 Å². The van der Waals surface area contributed by atoms with Crippen molar-refractivity contribution in [1.29, 1.82) is 0 Å². The topological polar surface area (TPSA) is 47.6 Å². The highest BCUT2D eigenvalue weighted by molar-refractivity contribution is 7.99. The lowest BCUT2D eigenvalue weighted by Gasteiger charge is -2.09. The number of nitrogens with one attached hydrogen (secondary N) is 1. The molecule has 0 bridgehead atoms. The van der Waals surface area contributed by atoms with Crippen LogP contribution in [-0.4, -0.2) is 18.5 Å². The van der Waals surface area contributed by atoms with Crippen LogP contribution in [0.2, 0.25) is 0 Å². The van der Waals surface area contributed by atoms with Crippen molar-refractivity contribution in [2.45, 2.75) is 11.9 Å². The maximum absolute atomic E-state index is 12.7. The summed E-state index contributed by atoms with van der Waals surface area (Å²) in [5.41, 5.74) is 0.417. The van der Waals surface area contributed by atoms with Gasteiger partial charge in [-0.25, -0.2) is 0 Å². The number of carbonyl (C=O) groups excluding carboxylic acids is 1. The van der Waals surface area contributed by atoms with Crippen molar-refractivity contribution in [3.8, 4) is 11.5 Å². The van der Waals surface area contributed by atoms with E-state index in [1.54, 1.807) is 24.3 Å². The second-order valence-corrected chi connectivity index (χ2v) is 6.29. The molecule has 4 nitrogen and oxygen atoms in total. The fourth-order valence-electron chi connectivity index (χ4n) is 2.27. The van der Waals surface area contributed by atoms with Crippen molar-refractivity contribution in [1.82, 2.24) is 0 Å². The molecule has 0 aromatic heterocycles. The van der Waals surface area contributed by atoms with E-state index >= 15 is 0 Å². The Morgan fingerprint density at radius 3 is 2.72 bits per heavy atom. The Labute approximate surface area is 146 Å². The Kier molecular flexibility index (Phi) is 5.08.